The molecule has 0 fully saturated rings. The minimum atomic E-state index is -0.807. The number of methoxy groups -OCH3 is 1. The maximum absolute atomic E-state index is 13.2. The second kappa shape index (κ2) is 8.42. The van der Waals surface area contributed by atoms with E-state index in [9.17, 15) is 9.59 Å². The first-order chi connectivity index (χ1) is 13.7. The number of halogens is 3. The van der Waals surface area contributed by atoms with Crippen LogP contribution in [0, 0.1) is 0 Å². The first-order valence-electron chi connectivity index (χ1n) is 8.99. The molecule has 29 heavy (non-hydrogen) atoms. The summed E-state index contributed by atoms with van der Waals surface area (Å²) in [6, 6.07) is 9.87. The number of hydrogen-bond donors (Lipinski definition) is 1. The Morgan fingerprint density at radius 3 is 2.41 bits per heavy atom. The van der Waals surface area contributed by atoms with Gasteiger partial charge in [0, 0.05) is 17.0 Å². The zero-order valence-corrected chi connectivity index (χ0v) is 18.5. The standard InChI is InChI=1S/C21H21Cl3N2O3/c1-21(2)15-8-13(23)9-16(24)18(15)26(17(27)10-22)19(21)20(28)25-11-12-4-6-14(29-3)7-5-12/h4-9,19H,10-11H2,1-3H3,(H,25,28). The van der Waals surface area contributed by atoms with Gasteiger partial charge in [0.05, 0.1) is 17.8 Å². The van der Waals surface area contributed by atoms with Gasteiger partial charge in [-0.25, -0.2) is 0 Å². The average Bonchev–Trinajstić information content (AvgIpc) is 2.93. The summed E-state index contributed by atoms with van der Waals surface area (Å²) in [6.45, 7) is 4.08. The Morgan fingerprint density at radius 1 is 1.17 bits per heavy atom. The van der Waals surface area contributed by atoms with E-state index in [0.717, 1.165) is 16.9 Å². The lowest BCUT2D eigenvalue weighted by Crippen LogP contribution is -2.54. The summed E-state index contributed by atoms with van der Waals surface area (Å²) >= 11 is 18.4. The van der Waals surface area contributed by atoms with Gasteiger partial charge in [-0.2, -0.15) is 0 Å². The molecule has 1 unspecified atom stereocenters. The molecule has 1 atom stereocenters. The number of carbonyl (C=O) groups excluding carboxylic acids is 2. The third kappa shape index (κ3) is 4.04. The van der Waals surface area contributed by atoms with Crippen LogP contribution in [0.5, 0.6) is 5.75 Å². The summed E-state index contributed by atoms with van der Waals surface area (Å²) in [6.07, 6.45) is 0. The minimum absolute atomic E-state index is 0.267. The Hall–Kier alpha value is -1.95. The summed E-state index contributed by atoms with van der Waals surface area (Å²) in [5.41, 5.74) is 1.41. The van der Waals surface area contributed by atoms with E-state index in [0.29, 0.717) is 22.3 Å². The van der Waals surface area contributed by atoms with E-state index in [-0.39, 0.29) is 11.8 Å². The Kier molecular flexibility index (Phi) is 6.32. The maximum atomic E-state index is 13.2. The van der Waals surface area contributed by atoms with E-state index in [4.69, 9.17) is 39.5 Å². The molecule has 1 N–H and O–H groups in total. The lowest BCUT2D eigenvalue weighted by atomic mass is 9.80. The van der Waals surface area contributed by atoms with Gasteiger partial charge >= 0.3 is 0 Å². The molecule has 0 aliphatic carbocycles. The zero-order valence-electron chi connectivity index (χ0n) is 16.3. The van der Waals surface area contributed by atoms with Crippen LogP contribution in [-0.4, -0.2) is 30.8 Å². The second-order valence-electron chi connectivity index (χ2n) is 7.37. The van der Waals surface area contributed by atoms with E-state index < -0.39 is 17.4 Å². The van der Waals surface area contributed by atoms with Gasteiger partial charge in [0.2, 0.25) is 11.8 Å². The molecule has 1 aliphatic heterocycles. The van der Waals surface area contributed by atoms with Crippen LogP contribution < -0.4 is 15.0 Å². The van der Waals surface area contributed by atoms with Gasteiger partial charge in [0.25, 0.3) is 0 Å². The predicted molar refractivity (Wildman–Crippen MR) is 116 cm³/mol. The third-order valence-corrected chi connectivity index (χ3v) is 5.90. The van der Waals surface area contributed by atoms with Crippen LogP contribution in [0.4, 0.5) is 5.69 Å². The number of amides is 2. The van der Waals surface area contributed by atoms with E-state index >= 15 is 0 Å². The minimum Gasteiger partial charge on any atom is -0.497 e. The number of anilines is 1. The molecule has 1 aliphatic rings. The Morgan fingerprint density at radius 2 is 1.83 bits per heavy atom. The molecule has 8 heteroatoms. The molecule has 0 bridgehead atoms. The van der Waals surface area contributed by atoms with Gasteiger partial charge in [-0.15, -0.1) is 11.6 Å². The van der Waals surface area contributed by atoms with Crippen LogP contribution in [0.25, 0.3) is 0 Å². The maximum Gasteiger partial charge on any atom is 0.244 e. The number of nitrogens with one attached hydrogen (secondary N) is 1. The van der Waals surface area contributed by atoms with Crippen LogP contribution >= 0.6 is 34.8 Å². The number of ether oxygens (including phenoxy) is 1. The van der Waals surface area contributed by atoms with Crippen molar-refractivity contribution in [3.63, 3.8) is 0 Å². The van der Waals surface area contributed by atoms with Crippen molar-refractivity contribution in [2.24, 2.45) is 0 Å². The number of hydrogen-bond acceptors (Lipinski definition) is 3. The number of fused-ring (bicyclic) bond motifs is 1. The van der Waals surface area contributed by atoms with Crippen molar-refractivity contribution < 1.29 is 14.3 Å². The van der Waals surface area contributed by atoms with E-state index in [1.807, 2.05) is 38.1 Å². The van der Waals surface area contributed by atoms with Crippen LogP contribution in [0.2, 0.25) is 10.0 Å². The molecule has 0 saturated carbocycles. The Labute approximate surface area is 184 Å². The van der Waals surface area contributed by atoms with Crippen molar-refractivity contribution >= 4 is 52.3 Å². The third-order valence-electron chi connectivity index (χ3n) is 5.16. The molecule has 0 aromatic heterocycles. The lowest BCUT2D eigenvalue weighted by Gasteiger charge is -2.31. The van der Waals surface area contributed by atoms with Crippen molar-refractivity contribution in [3.8, 4) is 5.75 Å². The van der Waals surface area contributed by atoms with Crippen LogP contribution in [0.1, 0.15) is 25.0 Å². The van der Waals surface area contributed by atoms with Crippen molar-refractivity contribution in [2.45, 2.75) is 31.8 Å². The molecule has 0 spiro atoms. The number of rotatable bonds is 5. The van der Waals surface area contributed by atoms with Crippen LogP contribution in [-0.2, 0) is 21.5 Å². The van der Waals surface area contributed by atoms with E-state index in [1.54, 1.807) is 19.2 Å². The molecule has 1 heterocycles. The molecule has 3 rings (SSSR count). The highest BCUT2D eigenvalue weighted by Gasteiger charge is 2.51. The lowest BCUT2D eigenvalue weighted by molar-refractivity contribution is -0.126. The van der Waals surface area contributed by atoms with Gasteiger partial charge in [-0.05, 0) is 35.4 Å². The van der Waals surface area contributed by atoms with Gasteiger partial charge in [-0.3, -0.25) is 14.5 Å². The smallest absolute Gasteiger partial charge is 0.244 e. The highest BCUT2D eigenvalue weighted by molar-refractivity contribution is 6.38. The van der Waals surface area contributed by atoms with Gasteiger partial charge < -0.3 is 10.1 Å². The molecule has 0 saturated heterocycles. The summed E-state index contributed by atoms with van der Waals surface area (Å²) in [5.74, 6) is -0.227. The van der Waals surface area contributed by atoms with E-state index in [1.165, 1.54) is 4.90 Å². The van der Waals surface area contributed by atoms with Crippen molar-refractivity contribution in [3.05, 3.63) is 57.6 Å². The largest absolute Gasteiger partial charge is 0.497 e. The SMILES string of the molecule is COc1ccc(CNC(=O)C2N(C(=O)CCl)c3c(Cl)cc(Cl)cc3C2(C)C)cc1. The van der Waals surface area contributed by atoms with Crippen molar-refractivity contribution in [1.82, 2.24) is 5.32 Å². The molecular weight excluding hydrogens is 435 g/mol. The van der Waals surface area contributed by atoms with Crippen molar-refractivity contribution in [1.29, 1.82) is 0 Å². The van der Waals surface area contributed by atoms with Gasteiger partial charge in [0.1, 0.15) is 17.7 Å². The summed E-state index contributed by atoms with van der Waals surface area (Å²) in [5, 5.41) is 3.67. The summed E-state index contributed by atoms with van der Waals surface area (Å²) < 4.78 is 5.15. The zero-order chi connectivity index (χ0) is 21.3. The highest BCUT2D eigenvalue weighted by Crippen LogP contribution is 2.50. The monoisotopic (exact) mass is 454 g/mol. The van der Waals surface area contributed by atoms with Gasteiger partial charge in [0.15, 0.2) is 0 Å². The van der Waals surface area contributed by atoms with E-state index in [2.05, 4.69) is 5.32 Å². The summed E-state index contributed by atoms with van der Waals surface area (Å²) in [7, 11) is 1.59. The molecule has 5 nitrogen and oxygen atoms in total. The van der Waals surface area contributed by atoms with Crippen LogP contribution in [0.15, 0.2) is 36.4 Å². The number of nitrogens with zero attached hydrogens (tertiary/aromatic N) is 1. The fourth-order valence-corrected chi connectivity index (χ4v) is 4.42. The first kappa shape index (κ1) is 21.8. The second-order valence-corrected chi connectivity index (χ2v) is 8.48. The molecule has 0 radical (unpaired) electrons. The molecule has 2 aromatic carbocycles. The first-order valence-corrected chi connectivity index (χ1v) is 10.3. The number of benzene rings is 2. The Balaban J connectivity index is 1.92. The fourth-order valence-electron chi connectivity index (χ4n) is 3.71. The van der Waals surface area contributed by atoms with Crippen molar-refractivity contribution in [2.75, 3.05) is 17.9 Å². The van der Waals surface area contributed by atoms with Crippen LogP contribution in [0.3, 0.4) is 0 Å². The highest BCUT2D eigenvalue weighted by atomic mass is 35.5. The topological polar surface area (TPSA) is 58.6 Å². The fraction of sp³-hybridized carbons (Fsp3) is 0.333. The normalized spacial score (nSPS) is 17.0. The summed E-state index contributed by atoms with van der Waals surface area (Å²) in [4.78, 5) is 27.3. The predicted octanol–water partition coefficient (Wildman–Crippen LogP) is 4.55. The molecule has 154 valence electrons. The number of alkyl halides is 1. The molecular formula is C21H21Cl3N2O3. The quantitative estimate of drug-likeness (QED) is 0.673. The molecule has 2 aromatic rings. The number of carbonyl (C=O) groups is 2. The van der Waals surface area contributed by atoms with Gasteiger partial charge in [-0.1, -0.05) is 49.2 Å². The molecule has 2 amide bonds. The average molecular weight is 456 g/mol. The Bertz CT molecular complexity index is 945.